The van der Waals surface area contributed by atoms with E-state index >= 15 is 0 Å². The first-order valence-electron chi connectivity index (χ1n) is 14.1. The Hall–Kier alpha value is -2.86. The normalized spacial score (nSPS) is 18.5. The Morgan fingerprint density at radius 2 is 1.45 bits per heavy atom. The molecule has 4 rings (SSSR count). The summed E-state index contributed by atoms with van der Waals surface area (Å²) in [5.74, 6) is 2.13. The van der Waals surface area contributed by atoms with Crippen LogP contribution in [-0.4, -0.2) is 47.8 Å². The van der Waals surface area contributed by atoms with Crippen molar-refractivity contribution in [2.24, 2.45) is 0 Å². The van der Waals surface area contributed by atoms with Gasteiger partial charge in [0.25, 0.3) is 0 Å². The molecule has 0 radical (unpaired) electrons. The molecule has 3 N–H and O–H groups in total. The fraction of sp³-hybridized carbons (Fsp3) is 0.562. The van der Waals surface area contributed by atoms with Crippen molar-refractivity contribution in [1.82, 2.24) is 15.3 Å². The molecule has 2 aromatic carbocycles. The summed E-state index contributed by atoms with van der Waals surface area (Å²) in [6.07, 6.45) is 5.45. The highest BCUT2D eigenvalue weighted by molar-refractivity contribution is 5.90. The van der Waals surface area contributed by atoms with E-state index in [4.69, 9.17) is 9.97 Å². The smallest absolute Gasteiger partial charge is 0.225 e. The van der Waals surface area contributed by atoms with Gasteiger partial charge in [-0.05, 0) is 78.3 Å². The van der Waals surface area contributed by atoms with Gasteiger partial charge >= 0.3 is 0 Å². The first kappa shape index (κ1) is 28.2. The zero-order valence-corrected chi connectivity index (χ0v) is 24.7. The number of benzene rings is 2. The third kappa shape index (κ3) is 6.58. The molecule has 0 unspecified atom stereocenters. The van der Waals surface area contributed by atoms with Crippen LogP contribution in [0.1, 0.15) is 83.9 Å². The minimum absolute atomic E-state index is 0.0963. The molecule has 0 spiro atoms. The molecule has 6 heteroatoms. The highest BCUT2D eigenvalue weighted by atomic mass is 16.3. The van der Waals surface area contributed by atoms with Crippen molar-refractivity contribution in [3.8, 4) is 5.75 Å². The van der Waals surface area contributed by atoms with Gasteiger partial charge < -0.3 is 20.6 Å². The lowest BCUT2D eigenvalue weighted by Gasteiger charge is -2.30. The summed E-state index contributed by atoms with van der Waals surface area (Å²) in [6, 6.07) is 13.5. The van der Waals surface area contributed by atoms with Crippen molar-refractivity contribution in [2.45, 2.75) is 96.6 Å². The zero-order valence-electron chi connectivity index (χ0n) is 24.7. The number of para-hydroxylation sites is 1. The summed E-state index contributed by atoms with van der Waals surface area (Å²) in [5, 5.41) is 19.5. The lowest BCUT2D eigenvalue weighted by Crippen LogP contribution is -2.38. The van der Waals surface area contributed by atoms with Crippen LogP contribution in [0.4, 0.5) is 11.8 Å². The molecule has 1 aliphatic carbocycles. The number of aromatic hydroxyl groups is 1. The SMILES string of the molecule is CN(C)c1nc(N[C@H]2CC[C@@H](NCCc3cc(C(C)(C)C)c(O)c(C(C)(C)C)c3)CC2)nc2ccccc12. The molecule has 1 aliphatic rings. The minimum atomic E-state index is -0.0963. The van der Waals surface area contributed by atoms with Crippen LogP contribution in [0.3, 0.4) is 0 Å². The lowest BCUT2D eigenvalue weighted by atomic mass is 9.78. The summed E-state index contributed by atoms with van der Waals surface area (Å²) >= 11 is 0. The maximum atomic E-state index is 11.0. The predicted molar refractivity (Wildman–Crippen MR) is 161 cm³/mol. The molecule has 1 fully saturated rings. The molecule has 0 atom stereocenters. The van der Waals surface area contributed by atoms with Gasteiger partial charge in [0.15, 0.2) is 0 Å². The molecule has 206 valence electrons. The number of hydrogen-bond donors (Lipinski definition) is 3. The number of phenolic OH excluding ortho intramolecular Hbond substituents is 1. The Morgan fingerprint density at radius 1 is 0.868 bits per heavy atom. The molecule has 0 aliphatic heterocycles. The topological polar surface area (TPSA) is 73.3 Å². The molecular formula is C32H47N5O. The second-order valence-corrected chi connectivity index (χ2v) is 13.2. The van der Waals surface area contributed by atoms with Crippen molar-refractivity contribution in [3.63, 3.8) is 0 Å². The number of fused-ring (bicyclic) bond motifs is 1. The summed E-state index contributed by atoms with van der Waals surface area (Å²) < 4.78 is 0. The molecule has 1 aromatic heterocycles. The van der Waals surface area contributed by atoms with E-state index in [-0.39, 0.29) is 10.8 Å². The van der Waals surface area contributed by atoms with Gasteiger partial charge in [0.1, 0.15) is 11.6 Å². The summed E-state index contributed by atoms with van der Waals surface area (Å²) in [5.41, 5.74) is 4.16. The van der Waals surface area contributed by atoms with Gasteiger partial charge in [0.05, 0.1) is 5.52 Å². The Labute approximate surface area is 229 Å². The standard InChI is InChI=1S/C32H47N5O/c1-31(2,3)25-19-21(20-26(28(25)38)32(4,5)6)17-18-33-22-13-15-23(16-14-22)34-30-35-27-12-10-9-11-24(27)29(36-30)37(7)8/h9-12,19-20,22-23,33,38H,13-18H2,1-8H3,(H,34,35,36)/t22-,23+. The monoisotopic (exact) mass is 517 g/mol. The fourth-order valence-corrected chi connectivity index (χ4v) is 5.49. The quantitative estimate of drug-likeness (QED) is 0.330. The molecule has 1 saturated carbocycles. The fourth-order valence-electron chi connectivity index (χ4n) is 5.49. The number of rotatable bonds is 7. The van der Waals surface area contributed by atoms with E-state index in [1.165, 1.54) is 5.56 Å². The number of anilines is 2. The third-order valence-electron chi connectivity index (χ3n) is 7.70. The van der Waals surface area contributed by atoms with Crippen LogP contribution in [-0.2, 0) is 17.3 Å². The maximum Gasteiger partial charge on any atom is 0.225 e. The van der Waals surface area contributed by atoms with Gasteiger partial charge in [-0.3, -0.25) is 0 Å². The van der Waals surface area contributed by atoms with Crippen molar-refractivity contribution in [3.05, 3.63) is 53.1 Å². The van der Waals surface area contributed by atoms with Crippen LogP contribution in [0.25, 0.3) is 10.9 Å². The summed E-state index contributed by atoms with van der Waals surface area (Å²) in [7, 11) is 4.06. The second-order valence-electron chi connectivity index (χ2n) is 13.2. The Bertz CT molecular complexity index is 1210. The predicted octanol–water partition coefficient (Wildman–Crippen LogP) is 6.55. The lowest BCUT2D eigenvalue weighted by molar-refractivity contribution is 0.355. The van der Waals surface area contributed by atoms with Crippen LogP contribution < -0.4 is 15.5 Å². The summed E-state index contributed by atoms with van der Waals surface area (Å²) in [6.45, 7) is 14.0. The van der Waals surface area contributed by atoms with Crippen LogP contribution in [0.2, 0.25) is 0 Å². The van der Waals surface area contributed by atoms with Crippen LogP contribution in [0.5, 0.6) is 5.75 Å². The van der Waals surface area contributed by atoms with E-state index in [2.05, 4.69) is 81.3 Å². The third-order valence-corrected chi connectivity index (χ3v) is 7.70. The average Bonchev–Trinajstić information content (AvgIpc) is 2.84. The van der Waals surface area contributed by atoms with Gasteiger partial charge in [-0.15, -0.1) is 0 Å². The van der Waals surface area contributed by atoms with Crippen molar-refractivity contribution in [2.75, 3.05) is 30.9 Å². The van der Waals surface area contributed by atoms with Gasteiger partial charge in [-0.2, -0.15) is 4.98 Å². The van der Waals surface area contributed by atoms with E-state index in [0.29, 0.717) is 17.8 Å². The first-order chi connectivity index (χ1) is 17.8. The van der Waals surface area contributed by atoms with Crippen molar-refractivity contribution < 1.29 is 5.11 Å². The largest absolute Gasteiger partial charge is 0.507 e. The van der Waals surface area contributed by atoms with Crippen molar-refractivity contribution in [1.29, 1.82) is 0 Å². The average molecular weight is 518 g/mol. The molecule has 38 heavy (non-hydrogen) atoms. The molecule has 0 bridgehead atoms. The number of aromatic nitrogens is 2. The number of nitrogens with zero attached hydrogens (tertiary/aromatic N) is 3. The molecular weight excluding hydrogens is 470 g/mol. The van der Waals surface area contributed by atoms with E-state index in [1.807, 2.05) is 26.2 Å². The van der Waals surface area contributed by atoms with E-state index in [1.54, 1.807) is 0 Å². The number of phenols is 1. The van der Waals surface area contributed by atoms with Gasteiger partial charge in [-0.25, -0.2) is 4.98 Å². The van der Waals surface area contributed by atoms with Gasteiger partial charge in [-0.1, -0.05) is 65.8 Å². The molecule has 3 aromatic rings. The van der Waals surface area contributed by atoms with E-state index < -0.39 is 0 Å². The van der Waals surface area contributed by atoms with Crippen LogP contribution in [0.15, 0.2) is 36.4 Å². The molecule has 0 amide bonds. The Morgan fingerprint density at radius 3 is 2.03 bits per heavy atom. The highest BCUT2D eigenvalue weighted by Crippen LogP contribution is 2.40. The van der Waals surface area contributed by atoms with Gasteiger partial charge in [0, 0.05) is 31.6 Å². The Balaban J connectivity index is 1.34. The highest BCUT2D eigenvalue weighted by Gasteiger charge is 2.27. The minimum Gasteiger partial charge on any atom is -0.507 e. The Kier molecular flexibility index (Phi) is 8.22. The van der Waals surface area contributed by atoms with Crippen LogP contribution >= 0.6 is 0 Å². The molecule has 1 heterocycles. The first-order valence-corrected chi connectivity index (χ1v) is 14.1. The van der Waals surface area contributed by atoms with E-state index in [9.17, 15) is 5.11 Å². The number of nitrogens with one attached hydrogen (secondary N) is 2. The summed E-state index contributed by atoms with van der Waals surface area (Å²) in [4.78, 5) is 11.7. The maximum absolute atomic E-state index is 11.0. The second kappa shape index (κ2) is 11.1. The molecule has 6 nitrogen and oxygen atoms in total. The zero-order chi connectivity index (χ0) is 27.7. The van der Waals surface area contributed by atoms with Crippen LogP contribution in [0, 0.1) is 0 Å². The van der Waals surface area contributed by atoms with Gasteiger partial charge in [0.2, 0.25) is 5.95 Å². The van der Waals surface area contributed by atoms with Crippen molar-refractivity contribution >= 4 is 22.7 Å². The van der Waals surface area contributed by atoms with E-state index in [0.717, 1.165) is 72.4 Å². The molecule has 0 saturated heterocycles. The number of hydrogen-bond acceptors (Lipinski definition) is 6.